The van der Waals surface area contributed by atoms with Gasteiger partial charge in [-0.25, -0.2) is 9.59 Å². The molecule has 0 atom stereocenters. The number of carbonyl (C=O) groups is 2. The Hall–Kier alpha value is -3.28. The Balaban J connectivity index is 2.80. The fourth-order valence-corrected chi connectivity index (χ4v) is 1.32. The van der Waals surface area contributed by atoms with Crippen LogP contribution in [0.1, 0.15) is 20.7 Å². The lowest BCUT2D eigenvalue weighted by Gasteiger charge is -2.05. The molecule has 0 aromatic heterocycles. The van der Waals surface area contributed by atoms with Crippen molar-refractivity contribution in [3.05, 3.63) is 86.1 Å². The normalized spacial score (nSPS) is 10.2. The quantitative estimate of drug-likeness (QED) is 0.542. The topological polar surface area (TPSA) is 71.1 Å². The molecule has 0 radical (unpaired) electrons. The van der Waals surface area contributed by atoms with Gasteiger partial charge in [0, 0.05) is 0 Å². The first-order valence-electron chi connectivity index (χ1n) is 6.04. The molecular weight excluding hydrogens is 288 g/mol. The van der Waals surface area contributed by atoms with Crippen LogP contribution in [0.2, 0.25) is 0 Å². The maximum absolute atomic E-state index is 11.9. The zero-order valence-electron chi connectivity index (χ0n) is 11.6. The highest BCUT2D eigenvalue weighted by atomic mass is 16.5. The third-order valence-corrected chi connectivity index (χ3v) is 2.18. The minimum Gasteiger partial charge on any atom is -0.470 e. The Morgan fingerprint density at radius 2 is 1.18 bits per heavy atom. The van der Waals surface area contributed by atoms with E-state index in [1.54, 1.807) is 12.1 Å². The summed E-state index contributed by atoms with van der Waals surface area (Å²) in [4.78, 5) is 23.8. The zero-order chi connectivity index (χ0) is 16.2. The van der Waals surface area contributed by atoms with Gasteiger partial charge in [0.1, 0.15) is 25.0 Å². The summed E-state index contributed by atoms with van der Waals surface area (Å²) in [6.07, 6.45) is 6.64. The van der Waals surface area contributed by atoms with Crippen LogP contribution in [0, 0.1) is 0 Å². The maximum atomic E-state index is 11.9. The minimum absolute atomic E-state index is 0.0498. The second-order valence-electron chi connectivity index (χ2n) is 3.51. The van der Waals surface area contributed by atoms with E-state index in [1.165, 1.54) is 12.1 Å². The number of hydrogen-bond acceptors (Lipinski definition) is 6. The molecule has 0 N–H and O–H groups in total. The summed E-state index contributed by atoms with van der Waals surface area (Å²) < 4.78 is 18.9. The predicted molar refractivity (Wildman–Crippen MR) is 78.1 cm³/mol. The number of rotatable bonds is 8. The van der Waals surface area contributed by atoms with E-state index in [4.69, 9.17) is 9.47 Å². The SMILES string of the molecule is C=COC=COC(=O)c1ccccc1C(=O)OC=COC=C. The Morgan fingerprint density at radius 1 is 0.773 bits per heavy atom. The van der Waals surface area contributed by atoms with Crippen molar-refractivity contribution in [2.75, 3.05) is 0 Å². The van der Waals surface area contributed by atoms with Crippen LogP contribution in [0.25, 0.3) is 0 Å². The van der Waals surface area contributed by atoms with Crippen LogP contribution in [0.5, 0.6) is 0 Å². The molecule has 1 aromatic carbocycles. The van der Waals surface area contributed by atoms with E-state index in [-0.39, 0.29) is 11.1 Å². The van der Waals surface area contributed by atoms with Crippen molar-refractivity contribution < 1.29 is 28.5 Å². The van der Waals surface area contributed by atoms with Gasteiger partial charge in [0.2, 0.25) is 0 Å². The van der Waals surface area contributed by atoms with Gasteiger partial charge < -0.3 is 18.9 Å². The molecule has 1 aromatic rings. The molecule has 6 heteroatoms. The van der Waals surface area contributed by atoms with Gasteiger partial charge in [0.15, 0.2) is 0 Å². The summed E-state index contributed by atoms with van der Waals surface area (Å²) in [6, 6.07) is 6.05. The van der Waals surface area contributed by atoms with E-state index in [1.807, 2.05) is 0 Å². The van der Waals surface area contributed by atoms with E-state index >= 15 is 0 Å². The van der Waals surface area contributed by atoms with Crippen molar-refractivity contribution in [3.8, 4) is 0 Å². The van der Waals surface area contributed by atoms with Gasteiger partial charge in [0.25, 0.3) is 0 Å². The molecular formula is C16H14O6. The average Bonchev–Trinajstić information content (AvgIpc) is 2.55. The lowest BCUT2D eigenvalue weighted by atomic mass is 10.1. The molecule has 0 spiro atoms. The van der Waals surface area contributed by atoms with Gasteiger partial charge in [0.05, 0.1) is 23.7 Å². The van der Waals surface area contributed by atoms with E-state index in [0.29, 0.717) is 0 Å². The third kappa shape index (κ3) is 5.38. The lowest BCUT2D eigenvalue weighted by molar-refractivity contribution is 0.0612. The molecule has 0 saturated heterocycles. The number of esters is 2. The number of ether oxygens (including phenoxy) is 4. The monoisotopic (exact) mass is 302 g/mol. The van der Waals surface area contributed by atoms with Crippen LogP contribution in [0.4, 0.5) is 0 Å². The molecule has 0 unspecified atom stereocenters. The zero-order valence-corrected chi connectivity index (χ0v) is 11.6. The highest BCUT2D eigenvalue weighted by Gasteiger charge is 2.18. The van der Waals surface area contributed by atoms with Crippen LogP contribution in [-0.2, 0) is 18.9 Å². The molecule has 6 nitrogen and oxygen atoms in total. The number of hydrogen-bond donors (Lipinski definition) is 0. The molecule has 0 amide bonds. The second kappa shape index (κ2) is 9.60. The minimum atomic E-state index is -0.734. The summed E-state index contributed by atoms with van der Waals surface area (Å²) >= 11 is 0. The Kier molecular flexibility index (Phi) is 7.32. The van der Waals surface area contributed by atoms with Crippen LogP contribution in [0.3, 0.4) is 0 Å². The Labute approximate surface area is 127 Å². The Bertz CT molecular complexity index is 547. The predicted octanol–water partition coefficient (Wildman–Crippen LogP) is 3.26. The van der Waals surface area contributed by atoms with Gasteiger partial charge in [-0.05, 0) is 12.1 Å². The van der Waals surface area contributed by atoms with E-state index in [0.717, 1.165) is 37.6 Å². The number of carbonyl (C=O) groups excluding carboxylic acids is 2. The van der Waals surface area contributed by atoms with Gasteiger partial charge >= 0.3 is 11.9 Å². The van der Waals surface area contributed by atoms with E-state index in [2.05, 4.69) is 22.6 Å². The summed E-state index contributed by atoms with van der Waals surface area (Å²) in [5, 5.41) is 0. The lowest BCUT2D eigenvalue weighted by Crippen LogP contribution is -2.10. The van der Waals surface area contributed by atoms with Gasteiger partial charge in [-0.15, -0.1) is 0 Å². The molecule has 114 valence electrons. The van der Waals surface area contributed by atoms with Gasteiger partial charge in [-0.3, -0.25) is 0 Å². The summed E-state index contributed by atoms with van der Waals surface area (Å²) in [5.74, 6) is -1.47. The van der Waals surface area contributed by atoms with Crippen molar-refractivity contribution in [1.29, 1.82) is 0 Å². The van der Waals surface area contributed by atoms with Gasteiger partial charge in [-0.2, -0.15) is 0 Å². The highest BCUT2D eigenvalue weighted by molar-refractivity contribution is 6.03. The summed E-state index contributed by atoms with van der Waals surface area (Å²) in [6.45, 7) is 6.63. The summed E-state index contributed by atoms with van der Waals surface area (Å²) in [5.41, 5.74) is 0.0996. The Morgan fingerprint density at radius 3 is 1.55 bits per heavy atom. The van der Waals surface area contributed by atoms with E-state index in [9.17, 15) is 9.59 Å². The van der Waals surface area contributed by atoms with Crippen molar-refractivity contribution in [2.45, 2.75) is 0 Å². The fraction of sp³-hybridized carbons (Fsp3) is 0. The first-order chi connectivity index (χ1) is 10.7. The first-order valence-corrected chi connectivity index (χ1v) is 6.04. The molecule has 0 aliphatic rings. The molecule has 0 aliphatic heterocycles. The molecule has 0 heterocycles. The van der Waals surface area contributed by atoms with Crippen LogP contribution in [-0.4, -0.2) is 11.9 Å². The summed E-state index contributed by atoms with van der Waals surface area (Å²) in [7, 11) is 0. The van der Waals surface area contributed by atoms with Crippen LogP contribution < -0.4 is 0 Å². The molecule has 22 heavy (non-hydrogen) atoms. The fourth-order valence-electron chi connectivity index (χ4n) is 1.32. The van der Waals surface area contributed by atoms with Crippen LogP contribution >= 0.6 is 0 Å². The molecule has 1 rings (SSSR count). The second-order valence-corrected chi connectivity index (χ2v) is 3.51. The van der Waals surface area contributed by atoms with Crippen molar-refractivity contribution in [3.63, 3.8) is 0 Å². The standard InChI is InChI=1S/C16H14O6/c1-3-19-9-11-21-15(17)13-7-5-6-8-14(13)16(18)22-12-10-20-4-2/h3-12H,1-2H2. The molecule has 0 aliphatic carbocycles. The van der Waals surface area contributed by atoms with E-state index < -0.39 is 11.9 Å². The molecule has 0 fully saturated rings. The van der Waals surface area contributed by atoms with Crippen molar-refractivity contribution >= 4 is 11.9 Å². The molecule has 0 saturated carbocycles. The first kappa shape index (κ1) is 16.8. The highest BCUT2D eigenvalue weighted by Crippen LogP contribution is 2.12. The largest absolute Gasteiger partial charge is 0.470 e. The van der Waals surface area contributed by atoms with Crippen molar-refractivity contribution in [1.82, 2.24) is 0 Å². The maximum Gasteiger partial charge on any atom is 0.343 e. The molecule has 0 bridgehead atoms. The smallest absolute Gasteiger partial charge is 0.343 e. The third-order valence-electron chi connectivity index (χ3n) is 2.18. The number of benzene rings is 1. The van der Waals surface area contributed by atoms with Crippen molar-refractivity contribution in [2.24, 2.45) is 0 Å². The van der Waals surface area contributed by atoms with Crippen LogP contribution in [0.15, 0.2) is 75.0 Å². The average molecular weight is 302 g/mol. The van der Waals surface area contributed by atoms with Gasteiger partial charge in [-0.1, -0.05) is 25.3 Å².